The van der Waals surface area contributed by atoms with E-state index < -0.39 is 0 Å². The molecule has 88 valence electrons. The number of carbonyl (C=O) groups is 1. The zero-order valence-electron chi connectivity index (χ0n) is 9.78. The van der Waals surface area contributed by atoms with Crippen LogP contribution in [0.25, 0.3) is 0 Å². The van der Waals surface area contributed by atoms with Crippen molar-refractivity contribution in [2.75, 3.05) is 13.1 Å². The van der Waals surface area contributed by atoms with Crippen molar-refractivity contribution < 1.29 is 4.79 Å². The fraction of sp³-hybridized carbons (Fsp3) is 0.667. The molecule has 1 aliphatic carbocycles. The van der Waals surface area contributed by atoms with E-state index in [1.807, 2.05) is 10.8 Å². The van der Waals surface area contributed by atoms with E-state index in [1.54, 1.807) is 6.20 Å². The maximum Gasteiger partial charge on any atom is 0.154 e. The summed E-state index contributed by atoms with van der Waals surface area (Å²) < 4.78 is 2.01. The number of hydrogen-bond acceptors (Lipinski definition) is 3. The molecule has 0 unspecified atom stereocenters. The van der Waals surface area contributed by atoms with Crippen LogP contribution < -0.4 is 5.32 Å². The lowest BCUT2D eigenvalue weighted by atomic mass is 10.2. The number of Topliss-reactive ketones (excluding diaryl/α,β-unsaturated/α-hetero) is 1. The molecule has 0 radical (unpaired) electrons. The molecule has 0 spiro atoms. The van der Waals surface area contributed by atoms with E-state index in [4.69, 9.17) is 0 Å². The summed E-state index contributed by atoms with van der Waals surface area (Å²) in [5.74, 6) is 1.92. The molecule has 0 saturated heterocycles. The minimum atomic E-state index is 0.224. The van der Waals surface area contributed by atoms with Gasteiger partial charge in [0.15, 0.2) is 5.78 Å². The van der Waals surface area contributed by atoms with Gasteiger partial charge in [-0.3, -0.25) is 4.79 Å². The molecule has 1 fully saturated rings. The van der Waals surface area contributed by atoms with E-state index in [1.165, 1.54) is 12.8 Å². The van der Waals surface area contributed by atoms with Crippen LogP contribution >= 0.6 is 0 Å². The normalized spacial score (nSPS) is 15.3. The van der Waals surface area contributed by atoms with Crippen LogP contribution in [0.4, 0.5) is 0 Å². The average Bonchev–Trinajstić information content (AvgIpc) is 2.98. The minimum Gasteiger partial charge on any atom is -0.335 e. The molecule has 1 aromatic rings. The number of nitrogens with zero attached hydrogens (tertiary/aromatic N) is 2. The highest BCUT2D eigenvalue weighted by Crippen LogP contribution is 2.27. The van der Waals surface area contributed by atoms with Gasteiger partial charge in [0.25, 0.3) is 0 Å². The number of imidazole rings is 1. The first-order chi connectivity index (χ1) is 7.79. The molecular weight excluding hydrogens is 202 g/mol. The predicted molar refractivity (Wildman–Crippen MR) is 62.2 cm³/mol. The third-order valence-electron chi connectivity index (χ3n) is 2.95. The van der Waals surface area contributed by atoms with Gasteiger partial charge < -0.3 is 9.88 Å². The third-order valence-corrected chi connectivity index (χ3v) is 2.95. The number of nitrogens with one attached hydrogen (secondary N) is 1. The maximum atomic E-state index is 11.7. The van der Waals surface area contributed by atoms with Crippen molar-refractivity contribution in [3.8, 4) is 0 Å². The van der Waals surface area contributed by atoms with Crippen LogP contribution in [0.15, 0.2) is 12.4 Å². The molecule has 1 aliphatic rings. The largest absolute Gasteiger partial charge is 0.335 e. The highest BCUT2D eigenvalue weighted by molar-refractivity contribution is 5.82. The van der Waals surface area contributed by atoms with Crippen LogP contribution in [-0.2, 0) is 17.8 Å². The molecule has 1 N–H and O–H groups in total. The zero-order chi connectivity index (χ0) is 11.4. The standard InChI is InChI=1S/C12H19N3O/c1-2-15-6-5-14-12(15)7-11(16)9-13-8-10-3-4-10/h5-6,10,13H,2-4,7-9H2,1H3. The fourth-order valence-electron chi connectivity index (χ4n) is 1.77. The van der Waals surface area contributed by atoms with Gasteiger partial charge in [-0.2, -0.15) is 0 Å². The van der Waals surface area contributed by atoms with Crippen LogP contribution in [-0.4, -0.2) is 28.4 Å². The molecular formula is C12H19N3O. The first kappa shape index (κ1) is 11.3. The molecule has 0 aliphatic heterocycles. The second-order valence-electron chi connectivity index (χ2n) is 4.42. The van der Waals surface area contributed by atoms with Crippen molar-refractivity contribution in [3.05, 3.63) is 18.2 Å². The topological polar surface area (TPSA) is 46.9 Å². The van der Waals surface area contributed by atoms with Crippen molar-refractivity contribution in [1.29, 1.82) is 0 Å². The Morgan fingerprint density at radius 1 is 1.62 bits per heavy atom. The Hall–Kier alpha value is -1.16. The quantitative estimate of drug-likeness (QED) is 0.747. The second-order valence-corrected chi connectivity index (χ2v) is 4.42. The van der Waals surface area contributed by atoms with Crippen LogP contribution in [0.2, 0.25) is 0 Å². The fourth-order valence-corrected chi connectivity index (χ4v) is 1.77. The molecule has 1 saturated carbocycles. The van der Waals surface area contributed by atoms with Crippen molar-refractivity contribution in [3.63, 3.8) is 0 Å². The summed E-state index contributed by atoms with van der Waals surface area (Å²) >= 11 is 0. The van der Waals surface area contributed by atoms with E-state index in [-0.39, 0.29) is 5.78 Å². The first-order valence-electron chi connectivity index (χ1n) is 6.02. The van der Waals surface area contributed by atoms with Crippen LogP contribution in [0, 0.1) is 5.92 Å². The smallest absolute Gasteiger partial charge is 0.154 e. The highest BCUT2D eigenvalue weighted by Gasteiger charge is 2.20. The van der Waals surface area contributed by atoms with Gasteiger partial charge >= 0.3 is 0 Å². The number of aryl methyl sites for hydroxylation is 1. The molecule has 16 heavy (non-hydrogen) atoms. The van der Waals surface area contributed by atoms with Crippen molar-refractivity contribution in [2.24, 2.45) is 5.92 Å². The van der Waals surface area contributed by atoms with Crippen LogP contribution in [0.1, 0.15) is 25.6 Å². The van der Waals surface area contributed by atoms with E-state index in [0.29, 0.717) is 13.0 Å². The van der Waals surface area contributed by atoms with Crippen molar-refractivity contribution in [1.82, 2.24) is 14.9 Å². The number of aromatic nitrogens is 2. The van der Waals surface area contributed by atoms with Gasteiger partial charge in [0.05, 0.1) is 13.0 Å². The maximum absolute atomic E-state index is 11.7. The molecule has 4 heteroatoms. The lowest BCUT2D eigenvalue weighted by Gasteiger charge is -2.05. The predicted octanol–water partition coefficient (Wildman–Crippen LogP) is 1.01. The lowest BCUT2D eigenvalue weighted by molar-refractivity contribution is -0.117. The molecule has 0 amide bonds. The third kappa shape index (κ3) is 3.17. The summed E-state index contributed by atoms with van der Waals surface area (Å²) in [4.78, 5) is 15.9. The van der Waals surface area contributed by atoms with Crippen molar-refractivity contribution in [2.45, 2.75) is 32.7 Å². The van der Waals surface area contributed by atoms with Crippen molar-refractivity contribution >= 4 is 5.78 Å². The average molecular weight is 221 g/mol. The Kier molecular flexibility index (Phi) is 3.72. The number of rotatable bonds is 7. The Balaban J connectivity index is 1.72. The number of carbonyl (C=O) groups excluding carboxylic acids is 1. The second kappa shape index (κ2) is 5.25. The molecule has 0 aromatic carbocycles. The van der Waals surface area contributed by atoms with Gasteiger partial charge in [-0.15, -0.1) is 0 Å². The molecule has 4 nitrogen and oxygen atoms in total. The summed E-state index contributed by atoms with van der Waals surface area (Å²) in [7, 11) is 0. The molecule has 0 bridgehead atoms. The van der Waals surface area contributed by atoms with E-state index in [9.17, 15) is 4.79 Å². The van der Waals surface area contributed by atoms with E-state index >= 15 is 0 Å². The summed E-state index contributed by atoms with van der Waals surface area (Å²) in [6, 6.07) is 0. The van der Waals surface area contributed by atoms with Gasteiger partial charge in [-0.1, -0.05) is 0 Å². The monoisotopic (exact) mass is 221 g/mol. The summed E-state index contributed by atoms with van der Waals surface area (Å²) in [5, 5.41) is 3.21. The Morgan fingerprint density at radius 2 is 2.44 bits per heavy atom. The van der Waals surface area contributed by atoms with Gasteiger partial charge in [0, 0.05) is 18.9 Å². The van der Waals surface area contributed by atoms with Crippen LogP contribution in [0.3, 0.4) is 0 Å². The zero-order valence-corrected chi connectivity index (χ0v) is 9.78. The molecule has 1 aromatic heterocycles. The number of hydrogen-bond donors (Lipinski definition) is 1. The van der Waals surface area contributed by atoms with Gasteiger partial charge in [0.1, 0.15) is 5.82 Å². The Morgan fingerprint density at radius 3 is 3.12 bits per heavy atom. The van der Waals surface area contributed by atoms with Gasteiger partial charge in [-0.25, -0.2) is 4.98 Å². The summed E-state index contributed by atoms with van der Waals surface area (Å²) in [6.07, 6.45) is 6.76. The minimum absolute atomic E-state index is 0.224. The van der Waals surface area contributed by atoms with E-state index in [0.717, 1.165) is 24.8 Å². The van der Waals surface area contributed by atoms with Crippen LogP contribution in [0.5, 0.6) is 0 Å². The Labute approximate surface area is 96.1 Å². The summed E-state index contributed by atoms with van der Waals surface area (Å²) in [5.41, 5.74) is 0. The molecule has 1 heterocycles. The number of ketones is 1. The summed E-state index contributed by atoms with van der Waals surface area (Å²) in [6.45, 7) is 4.40. The van der Waals surface area contributed by atoms with Gasteiger partial charge in [0.2, 0.25) is 0 Å². The lowest BCUT2D eigenvalue weighted by Crippen LogP contribution is -2.26. The SMILES string of the molecule is CCn1ccnc1CC(=O)CNCC1CC1. The molecule has 2 rings (SSSR count). The molecule has 0 atom stereocenters. The highest BCUT2D eigenvalue weighted by atomic mass is 16.1. The first-order valence-corrected chi connectivity index (χ1v) is 6.02. The van der Waals surface area contributed by atoms with E-state index in [2.05, 4.69) is 17.2 Å². The Bertz CT molecular complexity index is 355. The van der Waals surface area contributed by atoms with Gasteiger partial charge in [-0.05, 0) is 32.2 Å².